The van der Waals surface area contributed by atoms with Crippen LogP contribution in [0.5, 0.6) is 5.75 Å². The van der Waals surface area contributed by atoms with Gasteiger partial charge in [-0.15, -0.1) is 0 Å². The lowest BCUT2D eigenvalue weighted by molar-refractivity contribution is -0.121. The summed E-state index contributed by atoms with van der Waals surface area (Å²) >= 11 is 0. The van der Waals surface area contributed by atoms with Crippen molar-refractivity contribution in [1.82, 2.24) is 10.6 Å². The van der Waals surface area contributed by atoms with Crippen molar-refractivity contribution in [3.8, 4) is 5.75 Å². The van der Waals surface area contributed by atoms with Gasteiger partial charge in [-0.2, -0.15) is 0 Å². The number of ether oxygens (including phenoxy) is 1. The lowest BCUT2D eigenvalue weighted by atomic mass is 10.0. The van der Waals surface area contributed by atoms with Crippen LogP contribution in [0.15, 0.2) is 54.6 Å². The Kier molecular flexibility index (Phi) is 4.57. The van der Waals surface area contributed by atoms with Gasteiger partial charge in [0.1, 0.15) is 5.75 Å². The zero-order valence-corrected chi connectivity index (χ0v) is 12.6. The van der Waals surface area contributed by atoms with Crippen molar-refractivity contribution in [2.24, 2.45) is 0 Å². The summed E-state index contributed by atoms with van der Waals surface area (Å²) in [6.45, 7) is 0.519. The van der Waals surface area contributed by atoms with Gasteiger partial charge in [0.05, 0.1) is 19.2 Å². The summed E-state index contributed by atoms with van der Waals surface area (Å²) in [6.07, 6.45) is 0.718. The molecule has 0 aliphatic carbocycles. The molecule has 0 fully saturated rings. The molecular formula is C18H18N2O3. The molecule has 2 aromatic carbocycles. The SMILES string of the molecule is O=C(CNC(=O)c1ccccc1)N[C@@H]1CCOc2ccccc21. The van der Waals surface area contributed by atoms with Crippen LogP contribution in [0.3, 0.4) is 0 Å². The lowest BCUT2D eigenvalue weighted by Crippen LogP contribution is -2.39. The van der Waals surface area contributed by atoms with Crippen molar-refractivity contribution in [2.75, 3.05) is 13.2 Å². The van der Waals surface area contributed by atoms with E-state index in [1.165, 1.54) is 0 Å². The topological polar surface area (TPSA) is 67.4 Å². The smallest absolute Gasteiger partial charge is 0.251 e. The fraction of sp³-hybridized carbons (Fsp3) is 0.222. The van der Waals surface area contributed by atoms with E-state index in [9.17, 15) is 9.59 Å². The Labute approximate surface area is 134 Å². The molecule has 0 saturated heterocycles. The Balaban J connectivity index is 1.55. The second-order valence-electron chi connectivity index (χ2n) is 5.34. The van der Waals surface area contributed by atoms with Gasteiger partial charge in [-0.05, 0) is 18.2 Å². The van der Waals surface area contributed by atoms with E-state index in [1.54, 1.807) is 24.3 Å². The third kappa shape index (κ3) is 3.69. The zero-order valence-electron chi connectivity index (χ0n) is 12.6. The van der Waals surface area contributed by atoms with Gasteiger partial charge >= 0.3 is 0 Å². The number of hydrogen-bond donors (Lipinski definition) is 2. The number of carbonyl (C=O) groups excluding carboxylic acids is 2. The van der Waals surface area contributed by atoms with Gasteiger partial charge in [0.2, 0.25) is 5.91 Å². The number of para-hydroxylation sites is 1. The number of fused-ring (bicyclic) bond motifs is 1. The Morgan fingerprint density at radius 2 is 1.78 bits per heavy atom. The molecule has 2 aromatic rings. The van der Waals surface area contributed by atoms with Crippen LogP contribution in [0.25, 0.3) is 0 Å². The van der Waals surface area contributed by atoms with E-state index < -0.39 is 0 Å². The number of benzene rings is 2. The maximum Gasteiger partial charge on any atom is 0.251 e. The molecule has 1 atom stereocenters. The summed E-state index contributed by atoms with van der Waals surface area (Å²) < 4.78 is 5.57. The third-order valence-electron chi connectivity index (χ3n) is 3.74. The van der Waals surface area contributed by atoms with Gasteiger partial charge < -0.3 is 15.4 Å². The van der Waals surface area contributed by atoms with E-state index in [-0.39, 0.29) is 24.4 Å². The van der Waals surface area contributed by atoms with Crippen molar-refractivity contribution in [3.05, 3.63) is 65.7 Å². The molecule has 2 amide bonds. The van der Waals surface area contributed by atoms with Crippen molar-refractivity contribution < 1.29 is 14.3 Å². The van der Waals surface area contributed by atoms with Crippen LogP contribution in [-0.4, -0.2) is 25.0 Å². The molecule has 0 unspecified atom stereocenters. The summed E-state index contributed by atoms with van der Waals surface area (Å²) in [4.78, 5) is 24.0. The van der Waals surface area contributed by atoms with Crippen molar-refractivity contribution in [2.45, 2.75) is 12.5 Å². The summed E-state index contributed by atoms with van der Waals surface area (Å²) in [5, 5.41) is 5.58. The monoisotopic (exact) mass is 310 g/mol. The minimum atomic E-state index is -0.256. The number of amides is 2. The molecule has 118 valence electrons. The largest absolute Gasteiger partial charge is 0.493 e. The van der Waals surface area contributed by atoms with E-state index in [0.29, 0.717) is 12.2 Å². The van der Waals surface area contributed by atoms with E-state index in [2.05, 4.69) is 10.6 Å². The maximum atomic E-state index is 12.1. The second kappa shape index (κ2) is 6.96. The molecule has 5 heteroatoms. The zero-order chi connectivity index (χ0) is 16.1. The van der Waals surface area contributed by atoms with E-state index in [0.717, 1.165) is 17.7 Å². The molecule has 1 aliphatic rings. The molecular weight excluding hydrogens is 292 g/mol. The minimum Gasteiger partial charge on any atom is -0.493 e. The molecule has 0 spiro atoms. The second-order valence-corrected chi connectivity index (χ2v) is 5.34. The van der Waals surface area contributed by atoms with Gasteiger partial charge in [0.15, 0.2) is 0 Å². The van der Waals surface area contributed by atoms with E-state index >= 15 is 0 Å². The van der Waals surface area contributed by atoms with Crippen LogP contribution in [0.4, 0.5) is 0 Å². The Morgan fingerprint density at radius 3 is 2.61 bits per heavy atom. The Morgan fingerprint density at radius 1 is 1.04 bits per heavy atom. The first kappa shape index (κ1) is 15.1. The van der Waals surface area contributed by atoms with Gasteiger partial charge in [-0.3, -0.25) is 9.59 Å². The predicted octanol–water partition coefficient (Wildman–Crippen LogP) is 2.06. The van der Waals surface area contributed by atoms with Crippen LogP contribution < -0.4 is 15.4 Å². The highest BCUT2D eigenvalue weighted by atomic mass is 16.5. The van der Waals surface area contributed by atoms with Crippen molar-refractivity contribution >= 4 is 11.8 Å². The van der Waals surface area contributed by atoms with Crippen LogP contribution in [0, 0.1) is 0 Å². The predicted molar refractivity (Wildman–Crippen MR) is 86.2 cm³/mol. The first-order valence-electron chi connectivity index (χ1n) is 7.58. The standard InChI is InChI=1S/C18H18N2O3/c21-17(12-19-18(22)13-6-2-1-3-7-13)20-15-10-11-23-16-9-5-4-8-14(15)16/h1-9,15H,10-12H2,(H,19,22)(H,20,21)/t15-/m1/s1. The third-order valence-corrected chi connectivity index (χ3v) is 3.74. The van der Waals surface area contributed by atoms with Crippen LogP contribution in [-0.2, 0) is 4.79 Å². The van der Waals surface area contributed by atoms with E-state index in [1.807, 2.05) is 30.3 Å². The summed E-state index contributed by atoms with van der Waals surface area (Å²) in [5.41, 5.74) is 1.51. The number of carbonyl (C=O) groups is 2. The van der Waals surface area contributed by atoms with Crippen LogP contribution in [0.1, 0.15) is 28.4 Å². The highest BCUT2D eigenvalue weighted by Gasteiger charge is 2.22. The highest BCUT2D eigenvalue weighted by Crippen LogP contribution is 2.31. The van der Waals surface area contributed by atoms with E-state index in [4.69, 9.17) is 4.74 Å². The number of rotatable bonds is 4. The Bertz CT molecular complexity index is 700. The molecule has 5 nitrogen and oxygen atoms in total. The molecule has 0 radical (unpaired) electrons. The molecule has 23 heavy (non-hydrogen) atoms. The number of nitrogens with one attached hydrogen (secondary N) is 2. The van der Waals surface area contributed by atoms with Gasteiger partial charge in [-0.25, -0.2) is 0 Å². The summed E-state index contributed by atoms with van der Waals surface area (Å²) in [7, 11) is 0. The van der Waals surface area contributed by atoms with Crippen LogP contribution in [0.2, 0.25) is 0 Å². The molecule has 0 saturated carbocycles. The van der Waals surface area contributed by atoms with Gasteiger partial charge in [0.25, 0.3) is 5.91 Å². The molecule has 0 bridgehead atoms. The average molecular weight is 310 g/mol. The van der Waals surface area contributed by atoms with Gasteiger partial charge in [0, 0.05) is 17.5 Å². The fourth-order valence-electron chi connectivity index (χ4n) is 2.59. The number of hydrogen-bond acceptors (Lipinski definition) is 3. The summed E-state index contributed by atoms with van der Waals surface area (Å²) in [6, 6.07) is 16.4. The quantitative estimate of drug-likeness (QED) is 0.908. The molecule has 1 heterocycles. The maximum absolute atomic E-state index is 12.1. The summed E-state index contributed by atoms with van der Waals surface area (Å²) in [5.74, 6) is 0.335. The normalized spacial score (nSPS) is 15.9. The molecule has 2 N–H and O–H groups in total. The lowest BCUT2D eigenvalue weighted by Gasteiger charge is -2.26. The minimum absolute atomic E-state index is 0.0484. The average Bonchev–Trinajstić information content (AvgIpc) is 2.61. The van der Waals surface area contributed by atoms with Crippen molar-refractivity contribution in [3.63, 3.8) is 0 Å². The van der Waals surface area contributed by atoms with Gasteiger partial charge in [-0.1, -0.05) is 36.4 Å². The molecule has 0 aromatic heterocycles. The molecule has 3 rings (SSSR count). The first-order valence-corrected chi connectivity index (χ1v) is 7.58. The highest BCUT2D eigenvalue weighted by molar-refractivity contribution is 5.96. The van der Waals surface area contributed by atoms with Crippen molar-refractivity contribution in [1.29, 1.82) is 0 Å². The Hall–Kier alpha value is -2.82. The first-order chi connectivity index (χ1) is 11.2. The van der Waals surface area contributed by atoms with Crippen LogP contribution >= 0.6 is 0 Å². The molecule has 1 aliphatic heterocycles. The fourth-order valence-corrected chi connectivity index (χ4v) is 2.59.